The number of aryl methyl sites for hydroxylation is 1. The van der Waals surface area contributed by atoms with Gasteiger partial charge in [0.25, 0.3) is 0 Å². The summed E-state index contributed by atoms with van der Waals surface area (Å²) in [5.74, 6) is -0.295. The van der Waals surface area contributed by atoms with Crippen LogP contribution in [0.5, 0.6) is 0 Å². The molecule has 0 saturated heterocycles. The molecule has 0 aliphatic carbocycles. The van der Waals surface area contributed by atoms with Crippen molar-refractivity contribution in [1.82, 2.24) is 20.2 Å². The summed E-state index contributed by atoms with van der Waals surface area (Å²) >= 11 is 0. The summed E-state index contributed by atoms with van der Waals surface area (Å²) < 4.78 is 15.3. The fourth-order valence-electron chi connectivity index (χ4n) is 2.71. The van der Waals surface area contributed by atoms with Gasteiger partial charge in [0.2, 0.25) is 0 Å². The molecule has 0 bridgehead atoms. The second-order valence-corrected chi connectivity index (χ2v) is 5.73. The fourth-order valence-corrected chi connectivity index (χ4v) is 2.71. The number of aromatic nitrogens is 3. The largest absolute Gasteiger partial charge is 0.292 e. The molecule has 3 aromatic rings. The second kappa shape index (κ2) is 6.24. The molecule has 1 aliphatic heterocycles. The summed E-state index contributed by atoms with van der Waals surface area (Å²) in [4.78, 5) is 4.23. The molecule has 5 nitrogen and oxygen atoms in total. The number of allylic oxidation sites excluding steroid dienone is 2. The van der Waals surface area contributed by atoms with Crippen molar-refractivity contribution in [2.45, 2.75) is 6.92 Å². The third-order valence-electron chi connectivity index (χ3n) is 3.85. The van der Waals surface area contributed by atoms with E-state index in [9.17, 15) is 4.39 Å². The van der Waals surface area contributed by atoms with Crippen molar-refractivity contribution in [2.75, 3.05) is 5.01 Å². The Morgan fingerprint density at radius 2 is 2.00 bits per heavy atom. The number of benzene rings is 1. The van der Waals surface area contributed by atoms with Crippen molar-refractivity contribution in [2.24, 2.45) is 0 Å². The van der Waals surface area contributed by atoms with Crippen LogP contribution < -0.4 is 10.4 Å². The highest BCUT2D eigenvalue weighted by Crippen LogP contribution is 2.22. The summed E-state index contributed by atoms with van der Waals surface area (Å²) in [7, 11) is 0. The molecule has 0 fully saturated rings. The molecule has 0 atom stereocenters. The van der Waals surface area contributed by atoms with Gasteiger partial charge in [0, 0.05) is 12.4 Å². The Morgan fingerprint density at radius 3 is 2.84 bits per heavy atom. The lowest BCUT2D eigenvalue weighted by atomic mass is 10.2. The fraction of sp³-hybridized carbons (Fsp3) is 0.0526. The number of anilines is 1. The number of hydrogen-bond acceptors (Lipinski definition) is 4. The molecule has 4 rings (SSSR count). The smallest absolute Gasteiger partial charge is 0.125 e. The molecule has 1 aromatic carbocycles. The monoisotopic (exact) mass is 333 g/mol. The minimum atomic E-state index is -0.295. The number of nitrogens with one attached hydrogen (secondary N) is 1. The Bertz CT molecular complexity index is 973. The van der Waals surface area contributed by atoms with Crippen molar-refractivity contribution in [1.29, 1.82) is 0 Å². The maximum Gasteiger partial charge on any atom is 0.125 e. The molecule has 3 heterocycles. The Labute approximate surface area is 144 Å². The van der Waals surface area contributed by atoms with Crippen molar-refractivity contribution in [3.8, 4) is 5.69 Å². The highest BCUT2D eigenvalue weighted by molar-refractivity contribution is 5.69. The Hall–Kier alpha value is -3.41. The molecule has 1 N–H and O–H groups in total. The summed E-state index contributed by atoms with van der Waals surface area (Å²) in [6.07, 6.45) is 11.1. The van der Waals surface area contributed by atoms with Crippen molar-refractivity contribution < 1.29 is 4.39 Å². The molecule has 0 radical (unpaired) electrons. The van der Waals surface area contributed by atoms with Crippen LogP contribution in [0.1, 0.15) is 11.3 Å². The molecule has 6 heteroatoms. The third kappa shape index (κ3) is 3.01. The summed E-state index contributed by atoms with van der Waals surface area (Å²) in [5, 5.41) is 6.22. The molecular formula is C19H16FN5. The number of halogens is 1. The molecule has 0 amide bonds. The zero-order valence-electron chi connectivity index (χ0n) is 13.6. The van der Waals surface area contributed by atoms with Crippen molar-refractivity contribution in [3.05, 3.63) is 90.4 Å². The van der Waals surface area contributed by atoms with Gasteiger partial charge in [-0.15, -0.1) is 0 Å². The zero-order chi connectivity index (χ0) is 17.2. The van der Waals surface area contributed by atoms with Crippen molar-refractivity contribution in [3.63, 3.8) is 0 Å². The van der Waals surface area contributed by atoms with Crippen LogP contribution >= 0.6 is 0 Å². The molecule has 0 unspecified atom stereocenters. The van der Waals surface area contributed by atoms with E-state index in [0.29, 0.717) is 5.69 Å². The lowest BCUT2D eigenvalue weighted by Crippen LogP contribution is -2.34. The van der Waals surface area contributed by atoms with Crippen LogP contribution in [-0.4, -0.2) is 14.8 Å². The average Bonchev–Trinajstić information content (AvgIpc) is 3.12. The standard InChI is InChI=1S/C19H16FN5/c1-14-10-17(13-21-12-14)24-9-3-6-18(23-24)19-7-8-22-25(19)16-5-2-4-15(20)11-16/h2-13,23H,1H3. The average molecular weight is 333 g/mol. The Morgan fingerprint density at radius 1 is 1.08 bits per heavy atom. The van der Waals surface area contributed by atoms with Gasteiger partial charge in [0.1, 0.15) is 5.82 Å². The van der Waals surface area contributed by atoms with E-state index in [0.717, 1.165) is 22.6 Å². The van der Waals surface area contributed by atoms with Crippen LogP contribution in [0.25, 0.3) is 11.4 Å². The van der Waals surface area contributed by atoms with Gasteiger partial charge >= 0.3 is 0 Å². The molecule has 0 saturated carbocycles. The van der Waals surface area contributed by atoms with Gasteiger partial charge in [-0.25, -0.2) is 9.07 Å². The van der Waals surface area contributed by atoms with Gasteiger partial charge in [-0.3, -0.25) is 15.4 Å². The van der Waals surface area contributed by atoms with Gasteiger partial charge in [0.05, 0.1) is 35.2 Å². The van der Waals surface area contributed by atoms with E-state index in [2.05, 4.69) is 15.5 Å². The summed E-state index contributed by atoms with van der Waals surface area (Å²) in [5.41, 5.74) is 7.70. The van der Waals surface area contributed by atoms with Gasteiger partial charge in [-0.1, -0.05) is 6.07 Å². The molecule has 124 valence electrons. The van der Waals surface area contributed by atoms with Crippen LogP contribution in [0.4, 0.5) is 10.1 Å². The number of pyridine rings is 1. The summed E-state index contributed by atoms with van der Waals surface area (Å²) in [6, 6.07) is 10.3. The lowest BCUT2D eigenvalue weighted by Gasteiger charge is -2.27. The maximum absolute atomic E-state index is 13.6. The molecule has 1 aliphatic rings. The highest BCUT2D eigenvalue weighted by atomic mass is 19.1. The number of rotatable bonds is 3. The van der Waals surface area contributed by atoms with E-state index in [1.54, 1.807) is 23.1 Å². The highest BCUT2D eigenvalue weighted by Gasteiger charge is 2.15. The first kappa shape index (κ1) is 15.1. The first-order valence-electron chi connectivity index (χ1n) is 7.87. The van der Waals surface area contributed by atoms with Gasteiger partial charge in [-0.05, 0) is 55.0 Å². The number of nitrogens with zero attached hydrogens (tertiary/aromatic N) is 4. The molecule has 2 aromatic heterocycles. The zero-order valence-corrected chi connectivity index (χ0v) is 13.6. The first-order chi connectivity index (χ1) is 12.2. The summed E-state index contributed by atoms with van der Waals surface area (Å²) in [6.45, 7) is 2.00. The van der Waals surface area contributed by atoms with E-state index < -0.39 is 0 Å². The quantitative estimate of drug-likeness (QED) is 0.796. The Balaban J connectivity index is 1.66. The second-order valence-electron chi connectivity index (χ2n) is 5.73. The van der Waals surface area contributed by atoms with Crippen molar-refractivity contribution >= 4 is 11.4 Å². The van der Waals surface area contributed by atoms with E-state index in [1.807, 2.05) is 54.7 Å². The van der Waals surface area contributed by atoms with Crippen LogP contribution in [0.3, 0.4) is 0 Å². The predicted octanol–water partition coefficient (Wildman–Crippen LogP) is 3.59. The predicted molar refractivity (Wildman–Crippen MR) is 95.2 cm³/mol. The lowest BCUT2D eigenvalue weighted by molar-refractivity contribution is 0.625. The van der Waals surface area contributed by atoms with E-state index >= 15 is 0 Å². The van der Waals surface area contributed by atoms with Gasteiger partial charge < -0.3 is 0 Å². The van der Waals surface area contributed by atoms with Gasteiger partial charge in [0.15, 0.2) is 0 Å². The third-order valence-corrected chi connectivity index (χ3v) is 3.85. The number of hydrazine groups is 1. The van der Waals surface area contributed by atoms with E-state index in [1.165, 1.54) is 12.1 Å². The molecule has 25 heavy (non-hydrogen) atoms. The maximum atomic E-state index is 13.6. The van der Waals surface area contributed by atoms with E-state index in [-0.39, 0.29) is 5.82 Å². The number of hydrogen-bond donors (Lipinski definition) is 1. The van der Waals surface area contributed by atoms with Crippen LogP contribution in [0, 0.1) is 12.7 Å². The Kier molecular flexibility index (Phi) is 3.78. The van der Waals surface area contributed by atoms with Crippen LogP contribution in [-0.2, 0) is 0 Å². The SMILES string of the molecule is Cc1cncc(N2C=CC=C(c3ccnn3-c3cccc(F)c3)N2)c1. The molecular weight excluding hydrogens is 317 g/mol. The normalized spacial score (nSPS) is 13.5. The minimum Gasteiger partial charge on any atom is -0.292 e. The van der Waals surface area contributed by atoms with E-state index in [4.69, 9.17) is 0 Å². The first-order valence-corrected chi connectivity index (χ1v) is 7.87. The minimum absolute atomic E-state index is 0.295. The molecule has 0 spiro atoms. The van der Waals surface area contributed by atoms with Gasteiger partial charge in [-0.2, -0.15) is 5.10 Å². The topological polar surface area (TPSA) is 46.0 Å². The van der Waals surface area contributed by atoms with Crippen LogP contribution in [0.15, 0.2) is 73.3 Å². The van der Waals surface area contributed by atoms with Crippen LogP contribution in [0.2, 0.25) is 0 Å².